The van der Waals surface area contributed by atoms with Crippen molar-refractivity contribution in [3.63, 3.8) is 0 Å². The van der Waals surface area contributed by atoms with E-state index in [1.165, 1.54) is 24.3 Å². The summed E-state index contributed by atoms with van der Waals surface area (Å²) in [4.78, 5) is 40.9. The lowest BCUT2D eigenvalue weighted by molar-refractivity contribution is -0.524. The third-order valence-electron chi connectivity index (χ3n) is 7.01. The minimum Gasteiger partial charge on any atom is -0.378 e. The number of hydrogen-bond donors (Lipinski definition) is 0. The molecule has 2 aliphatic heterocycles. The van der Waals surface area contributed by atoms with E-state index >= 15 is 0 Å². The Balaban J connectivity index is 1.70. The number of para-hydroxylation sites is 1. The maximum atomic E-state index is 14.1. The van der Waals surface area contributed by atoms with Gasteiger partial charge in [-0.25, -0.2) is 0 Å². The number of anilines is 2. The van der Waals surface area contributed by atoms with Gasteiger partial charge in [-0.15, -0.1) is 0 Å². The Morgan fingerprint density at radius 3 is 2.33 bits per heavy atom. The third-order valence-corrected chi connectivity index (χ3v) is 7.01. The zero-order valence-electron chi connectivity index (χ0n) is 19.7. The number of nitro groups is 2. The van der Waals surface area contributed by atoms with Gasteiger partial charge in [-0.1, -0.05) is 54.6 Å². The van der Waals surface area contributed by atoms with E-state index < -0.39 is 29.0 Å². The quantitative estimate of drug-likeness (QED) is 0.287. The van der Waals surface area contributed by atoms with Crippen molar-refractivity contribution in [2.75, 3.05) is 23.9 Å². The second-order valence-corrected chi connectivity index (χ2v) is 9.22. The van der Waals surface area contributed by atoms with Gasteiger partial charge in [0.05, 0.1) is 10.8 Å². The number of hydrogen-bond acceptors (Lipinski definition) is 7. The van der Waals surface area contributed by atoms with Crippen LogP contribution in [0.5, 0.6) is 0 Å². The van der Waals surface area contributed by atoms with Gasteiger partial charge in [0.2, 0.25) is 6.04 Å². The highest BCUT2D eigenvalue weighted by Crippen LogP contribution is 2.47. The fourth-order valence-electron chi connectivity index (χ4n) is 5.37. The number of ketones is 1. The third kappa shape index (κ3) is 3.78. The number of carbonyl (C=O) groups is 1. The van der Waals surface area contributed by atoms with Gasteiger partial charge in [0.15, 0.2) is 5.78 Å². The van der Waals surface area contributed by atoms with Gasteiger partial charge in [-0.3, -0.25) is 25.0 Å². The standard InChI is InChI=1S/C27H24N4O5/c1-28(2)20-13-10-18(11-14-20)24-25(31(35)36)23-15-12-17-6-3-4-9-22(17)29(23)26(24)27(32)19-7-5-8-21(16-19)30(33)34/h3-16,23-26H,1-2H3/t23-,24-,25+,26+/m0/s1. The van der Waals surface area contributed by atoms with Crippen LogP contribution >= 0.6 is 0 Å². The Labute approximate surface area is 207 Å². The first-order chi connectivity index (χ1) is 17.3. The zero-order valence-corrected chi connectivity index (χ0v) is 19.7. The molecule has 2 aliphatic rings. The summed E-state index contributed by atoms with van der Waals surface area (Å²) < 4.78 is 0. The molecule has 3 aromatic rings. The average molecular weight is 485 g/mol. The first-order valence-electron chi connectivity index (χ1n) is 11.5. The van der Waals surface area contributed by atoms with Crippen molar-refractivity contribution >= 4 is 28.9 Å². The van der Waals surface area contributed by atoms with Crippen molar-refractivity contribution in [3.05, 3.63) is 116 Å². The maximum absolute atomic E-state index is 14.1. The van der Waals surface area contributed by atoms with Gasteiger partial charge in [0.25, 0.3) is 5.69 Å². The van der Waals surface area contributed by atoms with Crippen LogP contribution in [0.25, 0.3) is 6.08 Å². The highest BCUT2D eigenvalue weighted by molar-refractivity contribution is 6.04. The van der Waals surface area contributed by atoms with Crippen molar-refractivity contribution in [2.45, 2.75) is 24.0 Å². The molecule has 0 unspecified atom stereocenters. The molecule has 9 heteroatoms. The number of benzene rings is 3. The van der Waals surface area contributed by atoms with E-state index in [4.69, 9.17) is 0 Å². The van der Waals surface area contributed by atoms with E-state index in [1.54, 1.807) is 6.08 Å². The first-order valence-corrected chi connectivity index (χ1v) is 11.5. The number of non-ortho nitro benzene ring substituents is 1. The summed E-state index contributed by atoms with van der Waals surface area (Å²) in [5.74, 6) is -1.16. The summed E-state index contributed by atoms with van der Waals surface area (Å²) in [6.07, 6.45) is 3.65. The SMILES string of the molecule is CN(C)c1ccc([C@H]2[C@H]([N+](=O)[O-])[C@@H]3C=Cc4ccccc4N3[C@H]2C(=O)c2cccc([N+](=O)[O-])c2)cc1. The molecule has 5 rings (SSSR count). The van der Waals surface area contributed by atoms with Crippen LogP contribution < -0.4 is 9.80 Å². The summed E-state index contributed by atoms with van der Waals surface area (Å²) in [6, 6.07) is 17.8. The molecule has 2 heterocycles. The summed E-state index contributed by atoms with van der Waals surface area (Å²) in [6.45, 7) is 0. The van der Waals surface area contributed by atoms with Crippen molar-refractivity contribution in [3.8, 4) is 0 Å². The summed E-state index contributed by atoms with van der Waals surface area (Å²) in [5.41, 5.74) is 3.14. The molecule has 0 aliphatic carbocycles. The molecule has 0 bridgehead atoms. The molecule has 0 radical (unpaired) electrons. The predicted molar refractivity (Wildman–Crippen MR) is 137 cm³/mol. The zero-order chi connectivity index (χ0) is 25.6. The first kappa shape index (κ1) is 23.2. The Morgan fingerprint density at radius 2 is 1.67 bits per heavy atom. The minimum absolute atomic E-state index is 0.152. The summed E-state index contributed by atoms with van der Waals surface area (Å²) in [5, 5.41) is 23.9. The molecule has 4 atom stereocenters. The van der Waals surface area contributed by atoms with Gasteiger partial charge >= 0.3 is 0 Å². The van der Waals surface area contributed by atoms with Gasteiger partial charge < -0.3 is 9.80 Å². The van der Waals surface area contributed by atoms with Gasteiger partial charge in [0.1, 0.15) is 12.1 Å². The molecule has 1 saturated heterocycles. The van der Waals surface area contributed by atoms with Crippen LogP contribution in [0.4, 0.5) is 17.1 Å². The van der Waals surface area contributed by atoms with E-state index in [2.05, 4.69) is 0 Å². The van der Waals surface area contributed by atoms with E-state index in [0.717, 1.165) is 16.9 Å². The monoisotopic (exact) mass is 484 g/mol. The summed E-state index contributed by atoms with van der Waals surface area (Å²) in [7, 11) is 3.81. The average Bonchev–Trinajstić information content (AvgIpc) is 3.24. The van der Waals surface area contributed by atoms with Crippen LogP contribution in [0.1, 0.15) is 27.4 Å². The van der Waals surface area contributed by atoms with E-state index in [9.17, 15) is 25.0 Å². The molecule has 0 spiro atoms. The molecule has 1 fully saturated rings. The second kappa shape index (κ2) is 8.92. The van der Waals surface area contributed by atoms with E-state index in [1.807, 2.05) is 78.5 Å². The van der Waals surface area contributed by atoms with Crippen LogP contribution in [0.2, 0.25) is 0 Å². The van der Waals surface area contributed by atoms with Crippen molar-refractivity contribution in [1.29, 1.82) is 0 Å². The molecular weight excluding hydrogens is 460 g/mol. The van der Waals surface area contributed by atoms with Crippen LogP contribution in [-0.4, -0.2) is 47.9 Å². The predicted octanol–water partition coefficient (Wildman–Crippen LogP) is 4.56. The second-order valence-electron chi connectivity index (χ2n) is 9.22. The largest absolute Gasteiger partial charge is 0.378 e. The lowest BCUT2D eigenvalue weighted by atomic mass is 9.83. The summed E-state index contributed by atoms with van der Waals surface area (Å²) >= 11 is 0. The fourth-order valence-corrected chi connectivity index (χ4v) is 5.37. The number of carbonyl (C=O) groups excluding carboxylic acids is 1. The van der Waals surface area contributed by atoms with Crippen LogP contribution in [0.3, 0.4) is 0 Å². The Kier molecular flexibility index (Phi) is 5.75. The Morgan fingerprint density at radius 1 is 0.944 bits per heavy atom. The molecule has 36 heavy (non-hydrogen) atoms. The van der Waals surface area contributed by atoms with Gasteiger partial charge in [-0.05, 0) is 29.3 Å². The van der Waals surface area contributed by atoms with Crippen molar-refractivity contribution < 1.29 is 14.6 Å². The van der Waals surface area contributed by atoms with Crippen LogP contribution in [0.15, 0.2) is 78.9 Å². The van der Waals surface area contributed by atoms with Gasteiger partial charge in [-0.2, -0.15) is 0 Å². The molecule has 3 aromatic carbocycles. The van der Waals surface area contributed by atoms with Crippen molar-refractivity contribution in [1.82, 2.24) is 0 Å². The van der Waals surface area contributed by atoms with E-state index in [0.29, 0.717) is 5.56 Å². The molecule has 0 amide bonds. The molecule has 0 aromatic heterocycles. The highest BCUT2D eigenvalue weighted by atomic mass is 16.6. The number of nitrogens with zero attached hydrogens (tertiary/aromatic N) is 4. The van der Waals surface area contributed by atoms with Crippen molar-refractivity contribution in [2.24, 2.45) is 0 Å². The molecule has 0 N–H and O–H groups in total. The number of nitro benzene ring substituents is 1. The Hall–Kier alpha value is -4.53. The number of fused-ring (bicyclic) bond motifs is 3. The lowest BCUT2D eigenvalue weighted by Crippen LogP contribution is -2.44. The molecule has 0 saturated carbocycles. The number of rotatable bonds is 6. The highest BCUT2D eigenvalue weighted by Gasteiger charge is 2.59. The van der Waals surface area contributed by atoms with E-state index in [-0.39, 0.29) is 22.0 Å². The van der Waals surface area contributed by atoms with Gasteiger partial charge in [0, 0.05) is 48.1 Å². The van der Waals surface area contributed by atoms with Crippen LogP contribution in [0, 0.1) is 20.2 Å². The van der Waals surface area contributed by atoms with Crippen LogP contribution in [-0.2, 0) is 0 Å². The normalized spacial score (nSPS) is 22.0. The number of Topliss-reactive ketones (excluding diaryl/α,β-unsaturated/α-hetero) is 1. The fraction of sp³-hybridized carbons (Fsp3) is 0.222. The molecule has 9 nitrogen and oxygen atoms in total. The lowest BCUT2D eigenvalue weighted by Gasteiger charge is -2.34. The smallest absolute Gasteiger partial charge is 0.270 e. The molecule has 182 valence electrons. The molecular formula is C27H24N4O5. The Bertz CT molecular complexity index is 1380. The minimum atomic E-state index is -1.09. The topological polar surface area (TPSA) is 110 Å². The maximum Gasteiger partial charge on any atom is 0.270 e.